The average Bonchev–Trinajstić information content (AvgIpc) is 3.61. The monoisotopic (exact) mass is 428 g/mol. The van der Waals surface area contributed by atoms with Crippen LogP contribution in [0.5, 0.6) is 0 Å². The van der Waals surface area contributed by atoms with Gasteiger partial charge in [0.25, 0.3) is 11.8 Å². The van der Waals surface area contributed by atoms with Crippen molar-refractivity contribution in [2.45, 2.75) is 31.8 Å². The van der Waals surface area contributed by atoms with E-state index in [0.717, 1.165) is 17.5 Å². The quantitative estimate of drug-likeness (QED) is 0.804. The van der Waals surface area contributed by atoms with Crippen molar-refractivity contribution in [3.63, 3.8) is 0 Å². The highest BCUT2D eigenvalue weighted by Gasteiger charge is 2.50. The summed E-state index contributed by atoms with van der Waals surface area (Å²) in [7, 11) is 0. The molecule has 2 amide bonds. The Hall–Kier alpha value is -3.18. The summed E-state index contributed by atoms with van der Waals surface area (Å²) in [5.41, 5.74) is 5.51. The Morgan fingerprint density at radius 3 is 2.25 bits per heavy atom. The molecule has 1 saturated heterocycles. The maximum atomic E-state index is 13.0. The molecule has 0 atom stereocenters. The van der Waals surface area contributed by atoms with Crippen molar-refractivity contribution in [3.05, 3.63) is 71.3 Å². The van der Waals surface area contributed by atoms with Gasteiger partial charge in [-0.2, -0.15) is 0 Å². The predicted molar refractivity (Wildman–Crippen MR) is 126 cm³/mol. The van der Waals surface area contributed by atoms with E-state index in [0.29, 0.717) is 44.6 Å². The van der Waals surface area contributed by atoms with Gasteiger partial charge in [-0.15, -0.1) is 0 Å². The van der Waals surface area contributed by atoms with Gasteiger partial charge < -0.3 is 14.9 Å². The Labute approximate surface area is 188 Å². The van der Waals surface area contributed by atoms with Crippen molar-refractivity contribution < 1.29 is 14.7 Å². The van der Waals surface area contributed by atoms with E-state index in [1.165, 1.54) is 16.7 Å². The van der Waals surface area contributed by atoms with Gasteiger partial charge in [0.05, 0.1) is 0 Å². The number of hydrogen-bond donors (Lipinski definition) is 1. The lowest BCUT2D eigenvalue weighted by Gasteiger charge is -2.35. The summed E-state index contributed by atoms with van der Waals surface area (Å²) in [6.45, 7) is 4.08. The summed E-state index contributed by atoms with van der Waals surface area (Å²) in [4.78, 5) is 28.7. The van der Waals surface area contributed by atoms with Crippen LogP contribution in [0, 0.1) is 0 Å². The summed E-state index contributed by atoms with van der Waals surface area (Å²) in [6.07, 6.45) is 8.65. The van der Waals surface area contributed by atoms with Crippen LogP contribution < -0.4 is 0 Å². The van der Waals surface area contributed by atoms with Crippen LogP contribution in [0.15, 0.2) is 54.6 Å². The molecule has 0 aromatic heterocycles. The number of hydrogen-bond acceptors (Lipinski definition) is 3. The number of carbonyl (C=O) groups is 2. The molecule has 1 saturated carbocycles. The van der Waals surface area contributed by atoms with Crippen LogP contribution in [-0.4, -0.2) is 58.5 Å². The smallest absolute Gasteiger partial charge is 0.254 e. The minimum absolute atomic E-state index is 0.0144. The zero-order valence-corrected chi connectivity index (χ0v) is 18.4. The molecule has 2 aromatic carbocycles. The van der Waals surface area contributed by atoms with Gasteiger partial charge in [0, 0.05) is 31.7 Å². The molecule has 2 aromatic rings. The Bertz CT molecular complexity index is 1120. The maximum absolute atomic E-state index is 13.0. The zero-order valence-electron chi connectivity index (χ0n) is 18.4. The Kier molecular flexibility index (Phi) is 5.22. The molecule has 2 fully saturated rings. The molecule has 1 heterocycles. The first kappa shape index (κ1) is 20.7. The molecule has 0 bridgehead atoms. The highest BCUT2D eigenvalue weighted by molar-refractivity contribution is 5.95. The number of aliphatic hydroxyl groups is 1. The molecule has 164 valence electrons. The number of carbonyl (C=O) groups excluding carboxylic acids is 2. The number of amides is 2. The molecule has 1 aliphatic heterocycles. The Morgan fingerprint density at radius 1 is 0.906 bits per heavy atom. The maximum Gasteiger partial charge on any atom is 0.254 e. The van der Waals surface area contributed by atoms with Crippen LogP contribution in [-0.2, 0) is 4.79 Å². The molecule has 5 nitrogen and oxygen atoms in total. The molecule has 32 heavy (non-hydrogen) atoms. The lowest BCUT2D eigenvalue weighted by molar-refractivity contribution is -0.143. The second kappa shape index (κ2) is 8.06. The van der Waals surface area contributed by atoms with Crippen LogP contribution >= 0.6 is 0 Å². The fourth-order valence-electron chi connectivity index (χ4n) is 4.52. The van der Waals surface area contributed by atoms with Gasteiger partial charge in [0.2, 0.25) is 0 Å². The molecule has 2 aliphatic carbocycles. The third-order valence-corrected chi connectivity index (χ3v) is 6.77. The number of benzene rings is 2. The van der Waals surface area contributed by atoms with Crippen molar-refractivity contribution in [2.75, 3.05) is 26.2 Å². The third kappa shape index (κ3) is 3.89. The molecular formula is C27H28N2O3. The van der Waals surface area contributed by atoms with Crippen LogP contribution in [0.25, 0.3) is 22.8 Å². The van der Waals surface area contributed by atoms with Gasteiger partial charge in [-0.05, 0) is 72.2 Å². The van der Waals surface area contributed by atoms with Gasteiger partial charge in [-0.3, -0.25) is 9.59 Å². The average molecular weight is 429 g/mol. The fourth-order valence-corrected chi connectivity index (χ4v) is 4.52. The van der Waals surface area contributed by atoms with E-state index in [1.807, 2.05) is 24.3 Å². The van der Waals surface area contributed by atoms with E-state index < -0.39 is 5.60 Å². The van der Waals surface area contributed by atoms with Gasteiger partial charge >= 0.3 is 0 Å². The lowest BCUT2D eigenvalue weighted by atomic mass is 9.95. The number of piperazine rings is 1. The summed E-state index contributed by atoms with van der Waals surface area (Å²) in [6, 6.07) is 14.3. The molecule has 0 spiro atoms. The van der Waals surface area contributed by atoms with E-state index in [1.54, 1.807) is 9.80 Å². The molecule has 0 radical (unpaired) electrons. The van der Waals surface area contributed by atoms with E-state index >= 15 is 0 Å². The van der Waals surface area contributed by atoms with Gasteiger partial charge in [0.1, 0.15) is 5.60 Å². The van der Waals surface area contributed by atoms with Crippen molar-refractivity contribution in [1.29, 1.82) is 0 Å². The summed E-state index contributed by atoms with van der Waals surface area (Å²) in [5, 5.41) is 10.0. The topological polar surface area (TPSA) is 60.9 Å². The second-order valence-corrected chi connectivity index (χ2v) is 9.02. The number of rotatable bonds is 3. The Balaban J connectivity index is 1.26. The van der Waals surface area contributed by atoms with Crippen molar-refractivity contribution in [2.24, 2.45) is 0 Å². The van der Waals surface area contributed by atoms with Crippen LogP contribution in [0.2, 0.25) is 0 Å². The SMILES string of the molecule is CC1=CCC=Cc2cc(-c3ccc(C(=O)N4CCN(C(=O)C5(O)CC5)CC4)cc3)ccc21. The molecule has 5 heteroatoms. The highest BCUT2D eigenvalue weighted by Crippen LogP contribution is 2.37. The lowest BCUT2D eigenvalue weighted by Crippen LogP contribution is -2.53. The normalized spacial score (nSPS) is 19.1. The molecular weight excluding hydrogens is 400 g/mol. The minimum Gasteiger partial charge on any atom is -0.380 e. The second-order valence-electron chi connectivity index (χ2n) is 9.02. The van der Waals surface area contributed by atoms with Crippen molar-refractivity contribution >= 4 is 23.5 Å². The van der Waals surface area contributed by atoms with E-state index in [9.17, 15) is 14.7 Å². The van der Waals surface area contributed by atoms with Gasteiger partial charge in [0.15, 0.2) is 0 Å². The van der Waals surface area contributed by atoms with Crippen LogP contribution in [0.1, 0.15) is 47.7 Å². The standard InChI is InChI=1S/C27H28N2O3/c1-19-4-2-3-5-23-18-22(10-11-24(19)23)20-6-8-21(9-7-20)25(30)28-14-16-29(17-15-28)26(31)27(32)12-13-27/h3-11,18,32H,2,12-17H2,1H3. The van der Waals surface area contributed by atoms with E-state index in [-0.39, 0.29) is 11.8 Å². The highest BCUT2D eigenvalue weighted by atomic mass is 16.3. The fraction of sp³-hybridized carbons (Fsp3) is 0.333. The molecule has 0 unspecified atom stereocenters. The first-order chi connectivity index (χ1) is 15.4. The van der Waals surface area contributed by atoms with Crippen LogP contribution in [0.4, 0.5) is 0 Å². The van der Waals surface area contributed by atoms with Gasteiger partial charge in [-0.1, -0.05) is 42.5 Å². The molecule has 1 N–H and O–H groups in total. The Morgan fingerprint density at radius 2 is 1.56 bits per heavy atom. The largest absolute Gasteiger partial charge is 0.380 e. The molecule has 5 rings (SSSR count). The van der Waals surface area contributed by atoms with E-state index in [4.69, 9.17) is 0 Å². The number of fused-ring (bicyclic) bond motifs is 1. The first-order valence-corrected chi connectivity index (χ1v) is 11.3. The van der Waals surface area contributed by atoms with E-state index in [2.05, 4.69) is 43.4 Å². The summed E-state index contributed by atoms with van der Waals surface area (Å²) >= 11 is 0. The predicted octanol–water partition coefficient (Wildman–Crippen LogP) is 3.98. The van der Waals surface area contributed by atoms with Crippen molar-refractivity contribution in [3.8, 4) is 11.1 Å². The van der Waals surface area contributed by atoms with Crippen molar-refractivity contribution in [1.82, 2.24) is 9.80 Å². The third-order valence-electron chi connectivity index (χ3n) is 6.77. The zero-order chi connectivity index (χ0) is 22.3. The minimum atomic E-state index is -1.14. The summed E-state index contributed by atoms with van der Waals surface area (Å²) < 4.78 is 0. The summed E-state index contributed by atoms with van der Waals surface area (Å²) in [5.74, 6) is -0.199. The number of allylic oxidation sites excluding steroid dienone is 3. The number of nitrogens with zero attached hydrogens (tertiary/aromatic N) is 2. The van der Waals surface area contributed by atoms with Crippen LogP contribution in [0.3, 0.4) is 0 Å². The first-order valence-electron chi connectivity index (χ1n) is 11.3. The molecule has 3 aliphatic rings. The van der Waals surface area contributed by atoms with Gasteiger partial charge in [-0.25, -0.2) is 0 Å².